The van der Waals surface area contributed by atoms with Gasteiger partial charge in [-0.05, 0) is 36.0 Å². The Morgan fingerprint density at radius 3 is 2.40 bits per heavy atom. The van der Waals surface area contributed by atoms with Crippen LogP contribution in [0.1, 0.15) is 47.9 Å². The molecule has 0 spiro atoms. The molecule has 102 valence electrons. The van der Waals surface area contributed by atoms with Crippen molar-refractivity contribution in [2.24, 2.45) is 5.73 Å². The minimum Gasteiger partial charge on any atom is -0.369 e. The van der Waals surface area contributed by atoms with Crippen molar-refractivity contribution in [2.45, 2.75) is 31.1 Å². The van der Waals surface area contributed by atoms with Crippen molar-refractivity contribution in [3.63, 3.8) is 0 Å². The van der Waals surface area contributed by atoms with Crippen molar-refractivity contribution in [3.8, 4) is 0 Å². The van der Waals surface area contributed by atoms with Gasteiger partial charge in [-0.1, -0.05) is 42.8 Å². The lowest BCUT2D eigenvalue weighted by atomic mass is 9.80. The number of nitrogens with two attached hydrogens (primary N) is 1. The number of aromatic nitrogens is 1. The van der Waals surface area contributed by atoms with E-state index < -0.39 is 5.92 Å². The predicted molar refractivity (Wildman–Crippen MR) is 78.3 cm³/mol. The lowest BCUT2D eigenvalue weighted by molar-refractivity contribution is -0.118. The number of amides is 1. The summed E-state index contributed by atoms with van der Waals surface area (Å²) in [7, 11) is 0. The van der Waals surface area contributed by atoms with E-state index in [0.717, 1.165) is 11.3 Å². The quantitative estimate of drug-likeness (QED) is 0.925. The Balaban J connectivity index is 1.90. The van der Waals surface area contributed by atoms with Crippen LogP contribution in [0, 0.1) is 0 Å². The van der Waals surface area contributed by atoms with Crippen LogP contribution in [-0.2, 0) is 4.79 Å². The van der Waals surface area contributed by atoms with Crippen LogP contribution in [-0.4, -0.2) is 10.9 Å². The Hall–Kier alpha value is -2.16. The maximum absolute atomic E-state index is 11.8. The third-order valence-electron chi connectivity index (χ3n) is 4.10. The highest BCUT2D eigenvalue weighted by Gasteiger charge is 2.23. The largest absolute Gasteiger partial charge is 0.369 e. The molecule has 1 heterocycles. The van der Waals surface area contributed by atoms with Crippen molar-refractivity contribution in [1.82, 2.24) is 4.98 Å². The average molecular weight is 266 g/mol. The molecule has 3 nitrogen and oxygen atoms in total. The second-order valence-corrected chi connectivity index (χ2v) is 5.39. The fourth-order valence-electron chi connectivity index (χ4n) is 2.70. The number of primary amides is 1. The summed E-state index contributed by atoms with van der Waals surface area (Å²) in [5.74, 6) is -0.174. The highest BCUT2D eigenvalue weighted by Crippen LogP contribution is 2.36. The van der Waals surface area contributed by atoms with Crippen molar-refractivity contribution >= 4 is 5.91 Å². The molecule has 0 aliphatic heterocycles. The normalized spacial score (nSPS) is 16.4. The first-order valence-electron chi connectivity index (χ1n) is 7.06. The van der Waals surface area contributed by atoms with Crippen molar-refractivity contribution < 1.29 is 4.79 Å². The van der Waals surface area contributed by atoms with Gasteiger partial charge in [0.05, 0.1) is 5.69 Å². The molecule has 1 aromatic carbocycles. The van der Waals surface area contributed by atoms with Gasteiger partial charge in [0.2, 0.25) is 5.91 Å². The van der Waals surface area contributed by atoms with Gasteiger partial charge in [0.1, 0.15) is 5.92 Å². The minimum atomic E-state index is -0.466. The summed E-state index contributed by atoms with van der Waals surface area (Å²) in [6, 6.07) is 13.6. The van der Waals surface area contributed by atoms with Gasteiger partial charge in [-0.25, -0.2) is 0 Å². The van der Waals surface area contributed by atoms with E-state index in [-0.39, 0.29) is 5.91 Å². The molecular formula is C17H18N2O. The van der Waals surface area contributed by atoms with E-state index in [1.165, 1.54) is 24.8 Å². The summed E-state index contributed by atoms with van der Waals surface area (Å²) < 4.78 is 0. The fraction of sp³-hybridized carbons (Fsp3) is 0.294. The average Bonchev–Trinajstić information content (AvgIpc) is 2.40. The standard InChI is InChI=1S/C17H18N2O/c18-17(20)16(13-5-2-1-3-6-13)15-10-9-14(11-19-15)12-7-4-8-12/h1-3,5-6,9-12,16H,4,7-8H2,(H2,18,20). The summed E-state index contributed by atoms with van der Waals surface area (Å²) in [6.45, 7) is 0. The molecule has 1 amide bonds. The molecular weight excluding hydrogens is 248 g/mol. The minimum absolute atomic E-state index is 0.361. The van der Waals surface area contributed by atoms with Crippen molar-refractivity contribution in [1.29, 1.82) is 0 Å². The second-order valence-electron chi connectivity index (χ2n) is 5.39. The molecule has 1 saturated carbocycles. The van der Waals surface area contributed by atoms with Crippen LogP contribution < -0.4 is 5.73 Å². The smallest absolute Gasteiger partial charge is 0.231 e. The van der Waals surface area contributed by atoms with Gasteiger partial charge in [0.25, 0.3) is 0 Å². The monoisotopic (exact) mass is 266 g/mol. The Labute approximate surface area is 118 Å². The number of carbonyl (C=O) groups excluding carboxylic acids is 1. The van der Waals surface area contributed by atoms with Crippen LogP contribution in [0.2, 0.25) is 0 Å². The Bertz CT molecular complexity index is 588. The van der Waals surface area contributed by atoms with Crippen LogP contribution in [0.3, 0.4) is 0 Å². The van der Waals surface area contributed by atoms with E-state index in [4.69, 9.17) is 5.73 Å². The Kier molecular flexibility index (Phi) is 3.50. The lowest BCUT2D eigenvalue weighted by Crippen LogP contribution is -2.23. The fourth-order valence-corrected chi connectivity index (χ4v) is 2.70. The van der Waals surface area contributed by atoms with Gasteiger partial charge in [0.15, 0.2) is 0 Å². The maximum atomic E-state index is 11.8. The highest BCUT2D eigenvalue weighted by molar-refractivity contribution is 5.85. The van der Waals surface area contributed by atoms with Gasteiger partial charge < -0.3 is 5.73 Å². The molecule has 2 aromatic rings. The van der Waals surface area contributed by atoms with E-state index in [9.17, 15) is 4.79 Å². The van der Waals surface area contributed by atoms with Crippen LogP contribution in [0.5, 0.6) is 0 Å². The molecule has 3 rings (SSSR count). The molecule has 0 bridgehead atoms. The molecule has 1 atom stereocenters. The zero-order valence-electron chi connectivity index (χ0n) is 11.3. The van der Waals surface area contributed by atoms with E-state index >= 15 is 0 Å². The molecule has 3 heteroatoms. The van der Waals surface area contributed by atoms with E-state index in [2.05, 4.69) is 11.1 Å². The summed E-state index contributed by atoms with van der Waals surface area (Å²) in [5, 5.41) is 0. The van der Waals surface area contributed by atoms with Crippen molar-refractivity contribution in [3.05, 3.63) is 65.5 Å². The SMILES string of the molecule is NC(=O)C(c1ccccc1)c1ccc(C2CCC2)cn1. The van der Waals surface area contributed by atoms with E-state index in [1.54, 1.807) is 0 Å². The van der Waals surface area contributed by atoms with Gasteiger partial charge in [-0.2, -0.15) is 0 Å². The maximum Gasteiger partial charge on any atom is 0.231 e. The lowest BCUT2D eigenvalue weighted by Gasteiger charge is -2.25. The van der Waals surface area contributed by atoms with Gasteiger partial charge in [-0.15, -0.1) is 0 Å². The Morgan fingerprint density at radius 2 is 1.90 bits per heavy atom. The van der Waals surface area contributed by atoms with Gasteiger partial charge in [-0.3, -0.25) is 9.78 Å². The number of rotatable bonds is 4. The third kappa shape index (κ3) is 2.44. The number of hydrogen-bond donors (Lipinski definition) is 1. The zero-order valence-corrected chi connectivity index (χ0v) is 11.3. The number of nitrogens with zero attached hydrogens (tertiary/aromatic N) is 1. The summed E-state index contributed by atoms with van der Waals surface area (Å²) in [4.78, 5) is 16.2. The van der Waals surface area contributed by atoms with E-state index in [0.29, 0.717) is 5.92 Å². The number of benzene rings is 1. The molecule has 2 N–H and O–H groups in total. The second kappa shape index (κ2) is 5.45. The first kappa shape index (κ1) is 12.9. The highest BCUT2D eigenvalue weighted by atomic mass is 16.1. The molecule has 1 aromatic heterocycles. The molecule has 1 aliphatic rings. The van der Waals surface area contributed by atoms with Gasteiger partial charge in [0, 0.05) is 6.20 Å². The van der Waals surface area contributed by atoms with E-state index in [1.807, 2.05) is 42.6 Å². The van der Waals surface area contributed by atoms with Crippen LogP contribution in [0.25, 0.3) is 0 Å². The molecule has 1 unspecified atom stereocenters. The van der Waals surface area contributed by atoms with Crippen LogP contribution in [0.15, 0.2) is 48.7 Å². The van der Waals surface area contributed by atoms with Crippen molar-refractivity contribution in [2.75, 3.05) is 0 Å². The predicted octanol–water partition coefficient (Wildman–Crippen LogP) is 2.97. The third-order valence-corrected chi connectivity index (χ3v) is 4.10. The Morgan fingerprint density at radius 1 is 1.15 bits per heavy atom. The number of pyridine rings is 1. The van der Waals surface area contributed by atoms with Crippen LogP contribution in [0.4, 0.5) is 0 Å². The summed E-state index contributed by atoms with van der Waals surface area (Å²) in [5.41, 5.74) is 8.45. The molecule has 0 saturated heterocycles. The first-order chi connectivity index (χ1) is 9.75. The summed E-state index contributed by atoms with van der Waals surface area (Å²) in [6.07, 6.45) is 5.70. The molecule has 0 radical (unpaired) electrons. The first-order valence-corrected chi connectivity index (χ1v) is 7.06. The number of hydrogen-bond acceptors (Lipinski definition) is 2. The molecule has 1 fully saturated rings. The van der Waals surface area contributed by atoms with Gasteiger partial charge >= 0.3 is 0 Å². The topological polar surface area (TPSA) is 56.0 Å². The molecule has 1 aliphatic carbocycles. The molecule has 20 heavy (non-hydrogen) atoms. The summed E-state index contributed by atoms with van der Waals surface area (Å²) >= 11 is 0. The number of carbonyl (C=O) groups is 1. The van der Waals surface area contributed by atoms with Crippen LogP contribution >= 0.6 is 0 Å². The zero-order chi connectivity index (χ0) is 13.9.